The van der Waals surface area contributed by atoms with Crippen molar-refractivity contribution < 1.29 is 0 Å². The summed E-state index contributed by atoms with van der Waals surface area (Å²) >= 11 is 2.12. The number of hydrogen-bond acceptors (Lipinski definition) is 3. The smallest absolute Gasteiger partial charge is 0.0435 e. The molecule has 2 nitrogen and oxygen atoms in total. The number of hydrogen-bond donors (Lipinski definition) is 1. The molecule has 0 aromatic carbocycles. The summed E-state index contributed by atoms with van der Waals surface area (Å²) in [6, 6.07) is 0.807. The quantitative estimate of drug-likeness (QED) is 0.832. The molecule has 0 aromatic rings. The van der Waals surface area contributed by atoms with Crippen LogP contribution >= 0.6 is 11.8 Å². The lowest BCUT2D eigenvalue weighted by Gasteiger charge is -2.45. The van der Waals surface area contributed by atoms with Crippen LogP contribution in [0.5, 0.6) is 0 Å². The lowest BCUT2D eigenvalue weighted by atomic mass is 9.90. The molecule has 3 heteroatoms. The molecule has 0 amide bonds. The molecule has 1 saturated carbocycles. The van der Waals surface area contributed by atoms with Gasteiger partial charge >= 0.3 is 0 Å². The van der Waals surface area contributed by atoms with Crippen LogP contribution < -0.4 is 5.73 Å². The summed E-state index contributed by atoms with van der Waals surface area (Å²) < 4.78 is 0. The summed E-state index contributed by atoms with van der Waals surface area (Å²) in [4.78, 5) is 2.82. The van der Waals surface area contributed by atoms with Crippen LogP contribution in [0.15, 0.2) is 0 Å². The maximum atomic E-state index is 6.22. The van der Waals surface area contributed by atoms with Crippen molar-refractivity contribution in [2.75, 3.05) is 18.8 Å². The SMILES string of the molecule is CC(C)CN(C1CCCC1)C1(CN)CSC(C)C1. The average Bonchev–Trinajstić information content (AvgIpc) is 2.95. The van der Waals surface area contributed by atoms with E-state index in [4.69, 9.17) is 5.73 Å². The van der Waals surface area contributed by atoms with Gasteiger partial charge in [0.25, 0.3) is 0 Å². The largest absolute Gasteiger partial charge is 0.329 e. The first-order valence-electron chi connectivity index (χ1n) is 7.66. The molecule has 1 aliphatic heterocycles. The van der Waals surface area contributed by atoms with E-state index >= 15 is 0 Å². The minimum atomic E-state index is 0.295. The lowest BCUT2D eigenvalue weighted by molar-refractivity contribution is 0.0527. The van der Waals surface area contributed by atoms with Gasteiger partial charge in [0.2, 0.25) is 0 Å². The van der Waals surface area contributed by atoms with Gasteiger partial charge in [0.1, 0.15) is 0 Å². The second-order valence-electron chi connectivity index (χ2n) is 6.74. The Bertz CT molecular complexity index is 263. The van der Waals surface area contributed by atoms with Crippen LogP contribution in [0.2, 0.25) is 0 Å². The molecule has 0 bridgehead atoms. The molecule has 0 aromatic heterocycles. The van der Waals surface area contributed by atoms with Crippen molar-refractivity contribution in [2.45, 2.75) is 69.7 Å². The van der Waals surface area contributed by atoms with E-state index in [0.717, 1.165) is 23.8 Å². The Kier molecular flexibility index (Phi) is 5.01. The van der Waals surface area contributed by atoms with E-state index in [1.54, 1.807) is 0 Å². The van der Waals surface area contributed by atoms with E-state index in [1.165, 1.54) is 44.4 Å². The predicted molar refractivity (Wildman–Crippen MR) is 82.1 cm³/mol. The first kappa shape index (κ1) is 14.7. The Morgan fingerprint density at radius 2 is 2.00 bits per heavy atom. The van der Waals surface area contributed by atoms with Crippen molar-refractivity contribution in [3.05, 3.63) is 0 Å². The minimum absolute atomic E-state index is 0.295. The molecule has 2 rings (SSSR count). The van der Waals surface area contributed by atoms with E-state index in [1.807, 2.05) is 0 Å². The van der Waals surface area contributed by atoms with Crippen molar-refractivity contribution in [3.63, 3.8) is 0 Å². The fourth-order valence-corrected chi connectivity index (χ4v) is 5.17. The van der Waals surface area contributed by atoms with Gasteiger partial charge in [-0.25, -0.2) is 0 Å². The fraction of sp³-hybridized carbons (Fsp3) is 1.00. The van der Waals surface area contributed by atoms with Crippen LogP contribution in [-0.2, 0) is 0 Å². The van der Waals surface area contributed by atoms with E-state index in [2.05, 4.69) is 37.4 Å². The minimum Gasteiger partial charge on any atom is -0.329 e. The molecule has 1 saturated heterocycles. The third kappa shape index (κ3) is 3.05. The molecule has 2 N–H and O–H groups in total. The van der Waals surface area contributed by atoms with Gasteiger partial charge in [0.15, 0.2) is 0 Å². The van der Waals surface area contributed by atoms with Crippen LogP contribution in [-0.4, -0.2) is 40.6 Å². The van der Waals surface area contributed by atoms with Gasteiger partial charge in [-0.3, -0.25) is 4.90 Å². The second-order valence-corrected chi connectivity index (χ2v) is 8.17. The predicted octanol–water partition coefficient (Wildman–Crippen LogP) is 3.11. The fourth-order valence-electron chi connectivity index (χ4n) is 3.75. The van der Waals surface area contributed by atoms with Crippen molar-refractivity contribution >= 4 is 11.8 Å². The Morgan fingerprint density at radius 3 is 2.44 bits per heavy atom. The van der Waals surface area contributed by atoms with E-state index in [0.29, 0.717) is 5.54 Å². The standard InChI is InChI=1S/C15H30N2S/c1-12(2)9-17(14-6-4-5-7-14)15(10-16)8-13(3)18-11-15/h12-14H,4-11,16H2,1-3H3. The third-order valence-corrected chi connectivity index (χ3v) is 6.06. The molecule has 1 aliphatic carbocycles. The van der Waals surface area contributed by atoms with Crippen molar-refractivity contribution in [3.8, 4) is 0 Å². The molecular formula is C15H30N2S. The van der Waals surface area contributed by atoms with Gasteiger partial charge in [0.05, 0.1) is 0 Å². The highest BCUT2D eigenvalue weighted by atomic mass is 32.2. The highest BCUT2D eigenvalue weighted by molar-refractivity contribution is 8.00. The molecule has 2 fully saturated rings. The zero-order valence-corrected chi connectivity index (χ0v) is 13.1. The first-order chi connectivity index (χ1) is 8.57. The van der Waals surface area contributed by atoms with E-state index in [-0.39, 0.29) is 0 Å². The molecular weight excluding hydrogens is 240 g/mol. The summed E-state index contributed by atoms with van der Waals surface area (Å²) in [5.74, 6) is 1.99. The van der Waals surface area contributed by atoms with Gasteiger partial charge in [-0.2, -0.15) is 11.8 Å². The van der Waals surface area contributed by atoms with E-state index < -0.39 is 0 Å². The highest BCUT2D eigenvalue weighted by Crippen LogP contribution is 2.41. The van der Waals surface area contributed by atoms with Crippen molar-refractivity contribution in [1.29, 1.82) is 0 Å². The summed E-state index contributed by atoms with van der Waals surface area (Å²) in [5.41, 5.74) is 6.52. The first-order valence-corrected chi connectivity index (χ1v) is 8.71. The van der Waals surface area contributed by atoms with Crippen LogP contribution in [0.4, 0.5) is 0 Å². The topological polar surface area (TPSA) is 29.3 Å². The van der Waals surface area contributed by atoms with Crippen LogP contribution in [0.25, 0.3) is 0 Å². The van der Waals surface area contributed by atoms with Crippen molar-refractivity contribution in [1.82, 2.24) is 4.90 Å². The van der Waals surface area contributed by atoms with Gasteiger partial charge in [0, 0.05) is 35.7 Å². The monoisotopic (exact) mass is 270 g/mol. The van der Waals surface area contributed by atoms with Crippen molar-refractivity contribution in [2.24, 2.45) is 11.7 Å². The molecule has 2 atom stereocenters. The molecule has 2 unspecified atom stereocenters. The molecule has 1 heterocycles. The normalized spacial score (nSPS) is 34.0. The van der Waals surface area contributed by atoms with Gasteiger partial charge in [-0.15, -0.1) is 0 Å². The Labute approximate surface area is 117 Å². The summed E-state index contributed by atoms with van der Waals surface area (Å²) in [6.45, 7) is 9.13. The van der Waals surface area contributed by atoms with Gasteiger partial charge in [-0.05, 0) is 25.2 Å². The lowest BCUT2D eigenvalue weighted by Crippen LogP contribution is -2.58. The number of rotatable bonds is 5. The second kappa shape index (κ2) is 6.15. The van der Waals surface area contributed by atoms with Crippen LogP contribution in [0, 0.1) is 5.92 Å². The van der Waals surface area contributed by atoms with E-state index in [9.17, 15) is 0 Å². The van der Waals surface area contributed by atoms with Crippen LogP contribution in [0.3, 0.4) is 0 Å². The number of nitrogens with two attached hydrogens (primary N) is 1. The van der Waals surface area contributed by atoms with Crippen LogP contribution in [0.1, 0.15) is 52.9 Å². The molecule has 106 valence electrons. The summed E-state index contributed by atoms with van der Waals surface area (Å²) in [5, 5.41) is 0.782. The Morgan fingerprint density at radius 1 is 1.33 bits per heavy atom. The maximum Gasteiger partial charge on any atom is 0.0435 e. The summed E-state index contributed by atoms with van der Waals surface area (Å²) in [6.07, 6.45) is 6.92. The number of nitrogens with zero attached hydrogens (tertiary/aromatic N) is 1. The Balaban J connectivity index is 2.14. The number of thioether (sulfide) groups is 1. The molecule has 0 spiro atoms. The zero-order chi connectivity index (χ0) is 13.2. The van der Waals surface area contributed by atoms with Gasteiger partial charge in [-0.1, -0.05) is 33.6 Å². The molecule has 2 aliphatic rings. The summed E-state index contributed by atoms with van der Waals surface area (Å²) in [7, 11) is 0. The Hall–Kier alpha value is 0.270. The highest BCUT2D eigenvalue weighted by Gasteiger charge is 2.45. The average molecular weight is 270 g/mol. The molecule has 18 heavy (non-hydrogen) atoms. The molecule has 0 radical (unpaired) electrons. The van der Waals surface area contributed by atoms with Gasteiger partial charge < -0.3 is 5.73 Å². The zero-order valence-electron chi connectivity index (χ0n) is 12.3. The maximum absolute atomic E-state index is 6.22. The third-order valence-electron chi connectivity index (χ3n) is 4.62.